The summed E-state index contributed by atoms with van der Waals surface area (Å²) in [6.07, 6.45) is 6.90. The van der Waals surface area contributed by atoms with E-state index in [9.17, 15) is 0 Å². The van der Waals surface area contributed by atoms with Crippen molar-refractivity contribution >= 4 is 0 Å². The lowest BCUT2D eigenvalue weighted by Gasteiger charge is -2.40. The van der Waals surface area contributed by atoms with Gasteiger partial charge in [-0.05, 0) is 25.7 Å². The molecule has 0 aromatic heterocycles. The van der Waals surface area contributed by atoms with E-state index < -0.39 is 0 Å². The fraction of sp³-hybridized carbons (Fsp3) is 0.846. The molecule has 0 spiro atoms. The highest BCUT2D eigenvalue weighted by atomic mass is 16.5. The summed E-state index contributed by atoms with van der Waals surface area (Å²) in [6, 6.07) is 0.521. The second-order valence-electron chi connectivity index (χ2n) is 4.94. The van der Waals surface area contributed by atoms with Crippen molar-refractivity contribution in [2.24, 2.45) is 5.92 Å². The molecular weight excluding hydrogens is 186 g/mol. The van der Waals surface area contributed by atoms with Gasteiger partial charge < -0.3 is 9.64 Å². The Hall–Kier alpha value is -0.500. The van der Waals surface area contributed by atoms with Crippen LogP contribution in [0.2, 0.25) is 0 Å². The Morgan fingerprint density at radius 1 is 1.27 bits per heavy atom. The Morgan fingerprint density at radius 3 is 2.67 bits per heavy atom. The van der Waals surface area contributed by atoms with Gasteiger partial charge in [0.1, 0.15) is 0 Å². The van der Waals surface area contributed by atoms with E-state index in [0.717, 1.165) is 25.7 Å². The zero-order valence-electron chi connectivity index (χ0n) is 9.87. The maximum Gasteiger partial charge on any atom is 0.0668 e. The van der Waals surface area contributed by atoms with Gasteiger partial charge >= 0.3 is 0 Å². The van der Waals surface area contributed by atoms with Crippen molar-refractivity contribution in [1.29, 1.82) is 0 Å². The summed E-state index contributed by atoms with van der Waals surface area (Å²) in [5, 5.41) is 0. The van der Waals surface area contributed by atoms with Gasteiger partial charge in [-0.25, -0.2) is 0 Å². The minimum absolute atomic E-state index is 0.521. The molecule has 1 saturated heterocycles. The molecule has 1 aliphatic carbocycles. The molecule has 2 aliphatic rings. The van der Waals surface area contributed by atoms with Crippen molar-refractivity contribution in [2.75, 3.05) is 19.8 Å². The first-order valence-corrected chi connectivity index (χ1v) is 6.32. The maximum absolute atomic E-state index is 5.47. The van der Waals surface area contributed by atoms with Crippen molar-refractivity contribution in [3.05, 3.63) is 12.3 Å². The molecule has 0 bridgehead atoms. The normalized spacial score (nSPS) is 29.1. The van der Waals surface area contributed by atoms with E-state index in [1.54, 1.807) is 0 Å². The molecule has 2 rings (SSSR count). The average molecular weight is 209 g/mol. The second kappa shape index (κ2) is 5.02. The number of ether oxygens (including phenoxy) is 1. The van der Waals surface area contributed by atoms with E-state index in [4.69, 9.17) is 4.74 Å². The van der Waals surface area contributed by atoms with Crippen LogP contribution >= 0.6 is 0 Å². The number of allylic oxidation sites excluding steroid dienone is 1. The quantitative estimate of drug-likeness (QED) is 0.693. The van der Waals surface area contributed by atoms with Crippen molar-refractivity contribution in [1.82, 2.24) is 4.90 Å². The zero-order valence-corrected chi connectivity index (χ0v) is 9.87. The average Bonchev–Trinajstić information content (AvgIpc) is 2.30. The summed E-state index contributed by atoms with van der Waals surface area (Å²) in [6.45, 7) is 9.34. The van der Waals surface area contributed by atoms with E-state index in [1.807, 2.05) is 0 Å². The van der Waals surface area contributed by atoms with Gasteiger partial charge in [0.25, 0.3) is 0 Å². The molecule has 2 heteroatoms. The third-order valence-electron chi connectivity index (χ3n) is 3.81. The first-order valence-electron chi connectivity index (χ1n) is 6.32. The van der Waals surface area contributed by atoms with Crippen LogP contribution in [-0.2, 0) is 4.74 Å². The number of morpholine rings is 1. The molecule has 1 heterocycles. The summed E-state index contributed by atoms with van der Waals surface area (Å²) in [4.78, 5) is 2.47. The van der Waals surface area contributed by atoms with E-state index in [1.165, 1.54) is 37.8 Å². The molecule has 0 N–H and O–H groups in total. The minimum atomic E-state index is 0.521. The molecule has 2 nitrogen and oxygen atoms in total. The predicted molar refractivity (Wildman–Crippen MR) is 62.7 cm³/mol. The molecule has 86 valence electrons. The third-order valence-corrected chi connectivity index (χ3v) is 3.81. The monoisotopic (exact) mass is 209 g/mol. The molecule has 1 saturated carbocycles. The van der Waals surface area contributed by atoms with Gasteiger partial charge in [0, 0.05) is 18.3 Å². The fourth-order valence-electron chi connectivity index (χ4n) is 2.82. The molecule has 15 heavy (non-hydrogen) atoms. The molecule has 1 unspecified atom stereocenters. The largest absolute Gasteiger partial charge is 0.377 e. The van der Waals surface area contributed by atoms with Gasteiger partial charge in [-0.1, -0.05) is 25.8 Å². The van der Waals surface area contributed by atoms with Crippen LogP contribution in [0, 0.1) is 5.92 Å². The molecule has 0 aromatic rings. The number of hydrogen-bond donors (Lipinski definition) is 0. The van der Waals surface area contributed by atoms with Crippen LogP contribution < -0.4 is 0 Å². The van der Waals surface area contributed by atoms with Crippen LogP contribution in [0.1, 0.15) is 39.0 Å². The van der Waals surface area contributed by atoms with Gasteiger partial charge in [0.2, 0.25) is 0 Å². The number of rotatable bonds is 2. The highest BCUT2D eigenvalue weighted by molar-refractivity contribution is 5.03. The van der Waals surface area contributed by atoms with Gasteiger partial charge in [-0.2, -0.15) is 0 Å². The topological polar surface area (TPSA) is 12.5 Å². The van der Waals surface area contributed by atoms with Gasteiger partial charge in [-0.3, -0.25) is 0 Å². The fourth-order valence-corrected chi connectivity index (χ4v) is 2.82. The van der Waals surface area contributed by atoms with E-state index in [0.29, 0.717) is 6.04 Å². The molecule has 2 fully saturated rings. The summed E-state index contributed by atoms with van der Waals surface area (Å²) in [5.74, 6) is 0.749. The van der Waals surface area contributed by atoms with Crippen molar-refractivity contribution in [2.45, 2.75) is 45.1 Å². The summed E-state index contributed by atoms with van der Waals surface area (Å²) >= 11 is 0. The predicted octanol–water partition coefficient (Wildman–Crippen LogP) is 2.80. The van der Waals surface area contributed by atoms with Crippen molar-refractivity contribution in [3.63, 3.8) is 0 Å². The van der Waals surface area contributed by atoms with E-state index in [2.05, 4.69) is 18.4 Å². The van der Waals surface area contributed by atoms with Crippen LogP contribution in [0.15, 0.2) is 12.3 Å². The van der Waals surface area contributed by atoms with Crippen molar-refractivity contribution in [3.8, 4) is 0 Å². The summed E-state index contributed by atoms with van der Waals surface area (Å²) in [5.41, 5.74) is 1.38. The molecule has 0 aromatic carbocycles. The standard InChI is InChI=1S/C13H23NO/c1-11-10-15-9-8-14(11)12(2)13-6-4-3-5-7-13/h11,13H,2-10H2,1H3. The SMILES string of the molecule is C=C(C1CCCCC1)N1CCOCC1C. The summed E-state index contributed by atoms with van der Waals surface area (Å²) < 4.78 is 5.47. The van der Waals surface area contributed by atoms with Crippen LogP contribution in [0.4, 0.5) is 0 Å². The second-order valence-corrected chi connectivity index (χ2v) is 4.94. The number of hydrogen-bond acceptors (Lipinski definition) is 2. The first-order chi connectivity index (χ1) is 7.29. The van der Waals surface area contributed by atoms with Crippen LogP contribution in [0.5, 0.6) is 0 Å². The minimum Gasteiger partial charge on any atom is -0.377 e. The molecule has 1 aliphatic heterocycles. The Balaban J connectivity index is 1.92. The van der Waals surface area contributed by atoms with Gasteiger partial charge in [0.15, 0.2) is 0 Å². The van der Waals surface area contributed by atoms with Crippen LogP contribution in [0.25, 0.3) is 0 Å². The summed E-state index contributed by atoms with van der Waals surface area (Å²) in [7, 11) is 0. The van der Waals surface area contributed by atoms with Gasteiger partial charge in [0.05, 0.1) is 13.2 Å². The highest BCUT2D eigenvalue weighted by Crippen LogP contribution is 2.31. The Bertz CT molecular complexity index is 221. The first kappa shape index (κ1) is 11.0. The van der Waals surface area contributed by atoms with E-state index in [-0.39, 0.29) is 0 Å². The molecule has 0 radical (unpaired) electrons. The number of nitrogens with zero attached hydrogens (tertiary/aromatic N) is 1. The van der Waals surface area contributed by atoms with Crippen LogP contribution in [0.3, 0.4) is 0 Å². The lowest BCUT2D eigenvalue weighted by molar-refractivity contribution is 0.0105. The Labute approximate surface area is 93.3 Å². The lowest BCUT2D eigenvalue weighted by atomic mass is 9.86. The zero-order chi connectivity index (χ0) is 10.7. The smallest absolute Gasteiger partial charge is 0.0668 e. The Morgan fingerprint density at radius 2 is 2.00 bits per heavy atom. The Kier molecular flexibility index (Phi) is 3.68. The van der Waals surface area contributed by atoms with Crippen LogP contribution in [-0.4, -0.2) is 30.7 Å². The molecule has 0 amide bonds. The maximum atomic E-state index is 5.47. The highest BCUT2D eigenvalue weighted by Gasteiger charge is 2.25. The lowest BCUT2D eigenvalue weighted by Crippen LogP contribution is -2.44. The van der Waals surface area contributed by atoms with Crippen molar-refractivity contribution < 1.29 is 4.74 Å². The van der Waals surface area contributed by atoms with Gasteiger partial charge in [-0.15, -0.1) is 0 Å². The third kappa shape index (κ3) is 2.54. The van der Waals surface area contributed by atoms with E-state index >= 15 is 0 Å². The molecular formula is C13H23NO. The molecule has 1 atom stereocenters.